The van der Waals surface area contributed by atoms with Gasteiger partial charge >= 0.3 is 5.97 Å². The molecule has 0 bridgehead atoms. The summed E-state index contributed by atoms with van der Waals surface area (Å²) in [5.41, 5.74) is 2.15. The van der Waals surface area contributed by atoms with Crippen molar-refractivity contribution in [3.63, 3.8) is 0 Å². The minimum atomic E-state index is -0.755. The highest BCUT2D eigenvalue weighted by Gasteiger charge is 2.24. The fraction of sp³-hybridized carbons (Fsp3) is 0.533. The van der Waals surface area contributed by atoms with E-state index in [4.69, 9.17) is 9.84 Å². The molecule has 0 fully saturated rings. The molecule has 0 aliphatic rings. The molecule has 0 aliphatic carbocycles. The smallest absolute Gasteiger partial charge is 0.306 e. The molecule has 1 aromatic rings. The first-order valence-corrected chi connectivity index (χ1v) is 6.18. The van der Waals surface area contributed by atoms with Gasteiger partial charge in [-0.15, -0.1) is 0 Å². The number of hydrogen-bond acceptors (Lipinski definition) is 2. The number of hydrogen-bond donors (Lipinski definition) is 1. The quantitative estimate of drug-likeness (QED) is 0.844. The average Bonchev–Trinajstić information content (AvgIpc) is 2.29. The van der Waals surface area contributed by atoms with Crippen LogP contribution in [0.4, 0.5) is 0 Å². The molecule has 0 saturated carbocycles. The molecule has 3 nitrogen and oxygen atoms in total. The molecule has 0 aromatic heterocycles. The van der Waals surface area contributed by atoms with Crippen molar-refractivity contribution in [1.29, 1.82) is 0 Å². The Kier molecular flexibility index (Phi) is 4.91. The van der Waals surface area contributed by atoms with E-state index in [1.54, 1.807) is 14.0 Å². The van der Waals surface area contributed by atoms with Gasteiger partial charge in [0.2, 0.25) is 0 Å². The summed E-state index contributed by atoms with van der Waals surface area (Å²) in [6.45, 7) is 6.58. The molecular weight excluding hydrogens is 228 g/mol. The summed E-state index contributed by atoms with van der Waals surface area (Å²) < 4.78 is 5.25. The zero-order valence-corrected chi connectivity index (χ0v) is 11.6. The third-order valence-corrected chi connectivity index (χ3v) is 3.20. The van der Waals surface area contributed by atoms with Crippen LogP contribution < -0.4 is 0 Å². The Hall–Kier alpha value is -1.35. The normalized spacial score (nSPS) is 13.3. The molecule has 0 radical (unpaired) electrons. The second-order valence-electron chi connectivity index (χ2n) is 5.42. The van der Waals surface area contributed by atoms with Crippen molar-refractivity contribution >= 4 is 5.97 Å². The third kappa shape index (κ3) is 3.57. The fourth-order valence-corrected chi connectivity index (χ4v) is 2.21. The minimum Gasteiger partial charge on any atom is -0.481 e. The van der Waals surface area contributed by atoms with Gasteiger partial charge in [-0.05, 0) is 17.5 Å². The first-order chi connectivity index (χ1) is 8.38. The monoisotopic (exact) mass is 250 g/mol. The van der Waals surface area contributed by atoms with Gasteiger partial charge in [0.05, 0.1) is 12.5 Å². The zero-order valence-electron chi connectivity index (χ0n) is 11.6. The van der Waals surface area contributed by atoms with Gasteiger partial charge < -0.3 is 9.84 Å². The lowest BCUT2D eigenvalue weighted by Gasteiger charge is -2.27. The lowest BCUT2D eigenvalue weighted by molar-refractivity contribution is -0.141. The maximum Gasteiger partial charge on any atom is 0.306 e. The Morgan fingerprint density at radius 2 is 2.00 bits per heavy atom. The van der Waals surface area contributed by atoms with Crippen LogP contribution >= 0.6 is 0 Å². The molecule has 0 heterocycles. The summed E-state index contributed by atoms with van der Waals surface area (Å²) in [6.07, 6.45) is 0.554. The van der Waals surface area contributed by atoms with Crippen molar-refractivity contribution in [2.24, 2.45) is 5.92 Å². The van der Waals surface area contributed by atoms with E-state index in [1.807, 2.05) is 18.2 Å². The summed E-state index contributed by atoms with van der Waals surface area (Å²) in [5, 5.41) is 9.02. The lowest BCUT2D eigenvalue weighted by Crippen LogP contribution is -2.26. The molecule has 0 aliphatic heterocycles. The van der Waals surface area contributed by atoms with E-state index in [9.17, 15) is 4.79 Å². The van der Waals surface area contributed by atoms with Crippen molar-refractivity contribution in [2.75, 3.05) is 13.7 Å². The molecule has 3 heteroatoms. The molecule has 1 atom stereocenters. The Morgan fingerprint density at radius 1 is 1.39 bits per heavy atom. The van der Waals surface area contributed by atoms with Crippen molar-refractivity contribution < 1.29 is 14.6 Å². The number of carboxylic acid groups (broad SMARTS) is 1. The molecular formula is C15H22O3. The van der Waals surface area contributed by atoms with Gasteiger partial charge in [0.1, 0.15) is 0 Å². The van der Waals surface area contributed by atoms with E-state index < -0.39 is 5.97 Å². The summed E-state index contributed by atoms with van der Waals surface area (Å²) in [5.74, 6) is -1.13. The molecule has 1 N–H and O–H groups in total. The maximum atomic E-state index is 11.0. The minimum absolute atomic E-state index is 0.108. The van der Waals surface area contributed by atoms with Gasteiger partial charge in [0, 0.05) is 12.5 Å². The van der Waals surface area contributed by atoms with Gasteiger partial charge in [-0.25, -0.2) is 0 Å². The maximum absolute atomic E-state index is 11.0. The van der Waals surface area contributed by atoms with Crippen LogP contribution in [0.5, 0.6) is 0 Å². The second kappa shape index (κ2) is 6.01. The van der Waals surface area contributed by atoms with E-state index in [0.717, 1.165) is 5.56 Å². The van der Waals surface area contributed by atoms with Crippen molar-refractivity contribution in [2.45, 2.75) is 32.6 Å². The van der Waals surface area contributed by atoms with Crippen LogP contribution in [0.2, 0.25) is 0 Å². The van der Waals surface area contributed by atoms with Crippen LogP contribution in [-0.2, 0) is 21.4 Å². The molecule has 1 unspecified atom stereocenters. The van der Waals surface area contributed by atoms with Gasteiger partial charge in [-0.1, -0.05) is 45.0 Å². The van der Waals surface area contributed by atoms with Crippen LogP contribution in [0, 0.1) is 5.92 Å². The van der Waals surface area contributed by atoms with Crippen LogP contribution in [0.1, 0.15) is 31.9 Å². The van der Waals surface area contributed by atoms with E-state index in [1.165, 1.54) is 5.56 Å². The van der Waals surface area contributed by atoms with E-state index in [-0.39, 0.29) is 11.3 Å². The van der Waals surface area contributed by atoms with Gasteiger partial charge in [-0.3, -0.25) is 4.79 Å². The largest absolute Gasteiger partial charge is 0.481 e. The van der Waals surface area contributed by atoms with Gasteiger partial charge in [0.25, 0.3) is 0 Å². The van der Waals surface area contributed by atoms with E-state index in [0.29, 0.717) is 13.0 Å². The topological polar surface area (TPSA) is 46.5 Å². The summed E-state index contributed by atoms with van der Waals surface area (Å²) in [7, 11) is 1.68. The van der Waals surface area contributed by atoms with E-state index in [2.05, 4.69) is 19.9 Å². The number of benzene rings is 1. The SMILES string of the molecule is COCC(C)(C)c1ccccc1CC(C)C(=O)O. The molecule has 0 spiro atoms. The molecule has 1 aromatic carbocycles. The van der Waals surface area contributed by atoms with Crippen molar-refractivity contribution in [3.05, 3.63) is 35.4 Å². The third-order valence-electron chi connectivity index (χ3n) is 3.20. The lowest BCUT2D eigenvalue weighted by atomic mass is 9.80. The number of ether oxygens (including phenoxy) is 1. The van der Waals surface area contributed by atoms with Crippen molar-refractivity contribution in [1.82, 2.24) is 0 Å². The zero-order chi connectivity index (χ0) is 13.8. The highest BCUT2D eigenvalue weighted by molar-refractivity contribution is 5.70. The number of aliphatic carboxylic acids is 1. The van der Waals surface area contributed by atoms with Gasteiger partial charge in [-0.2, -0.15) is 0 Å². The Balaban J connectivity index is 3.03. The first kappa shape index (κ1) is 14.7. The number of rotatable bonds is 6. The highest BCUT2D eigenvalue weighted by Crippen LogP contribution is 2.28. The predicted octanol–water partition coefficient (Wildman–Crippen LogP) is 2.87. The second-order valence-corrected chi connectivity index (χ2v) is 5.42. The molecule has 100 valence electrons. The molecule has 0 amide bonds. The van der Waals surface area contributed by atoms with Crippen LogP contribution in [0.25, 0.3) is 0 Å². The first-order valence-electron chi connectivity index (χ1n) is 6.18. The van der Waals surface area contributed by atoms with Crippen LogP contribution in [0.15, 0.2) is 24.3 Å². The van der Waals surface area contributed by atoms with E-state index >= 15 is 0 Å². The molecule has 18 heavy (non-hydrogen) atoms. The summed E-state index contributed by atoms with van der Waals surface area (Å²) in [6, 6.07) is 8.01. The number of carboxylic acids is 1. The van der Waals surface area contributed by atoms with Crippen LogP contribution in [-0.4, -0.2) is 24.8 Å². The highest BCUT2D eigenvalue weighted by atomic mass is 16.5. The Morgan fingerprint density at radius 3 is 2.56 bits per heavy atom. The fourth-order valence-electron chi connectivity index (χ4n) is 2.21. The number of methoxy groups -OCH3 is 1. The standard InChI is InChI=1S/C15H22O3/c1-11(14(16)17)9-12-7-5-6-8-13(12)15(2,3)10-18-4/h5-8,11H,9-10H2,1-4H3,(H,16,17). The number of carbonyl (C=O) groups is 1. The van der Waals surface area contributed by atoms with Gasteiger partial charge in [0.15, 0.2) is 0 Å². The van der Waals surface area contributed by atoms with Crippen LogP contribution in [0.3, 0.4) is 0 Å². The Bertz CT molecular complexity index is 410. The summed E-state index contributed by atoms with van der Waals surface area (Å²) in [4.78, 5) is 11.0. The van der Waals surface area contributed by atoms with Crippen molar-refractivity contribution in [3.8, 4) is 0 Å². The predicted molar refractivity (Wildman–Crippen MR) is 71.8 cm³/mol. The average molecular weight is 250 g/mol. The molecule has 0 saturated heterocycles. The summed E-state index contributed by atoms with van der Waals surface area (Å²) >= 11 is 0. The Labute approximate surface area is 109 Å². The molecule has 1 rings (SSSR count).